The molecule has 0 aromatic rings. The van der Waals surface area contributed by atoms with Crippen molar-refractivity contribution in [2.45, 2.75) is 45.1 Å². The van der Waals surface area contributed by atoms with Gasteiger partial charge in [0, 0.05) is 19.0 Å². The van der Waals surface area contributed by atoms with E-state index in [1.54, 1.807) is 0 Å². The summed E-state index contributed by atoms with van der Waals surface area (Å²) in [5, 5.41) is 2.09. The van der Waals surface area contributed by atoms with Gasteiger partial charge < -0.3 is 10.6 Å². The smallest absolute Gasteiger partial charge is 0.318 e. The molecule has 0 heterocycles. The fraction of sp³-hybridized carbons (Fsp3) is 0.833. The maximum Gasteiger partial charge on any atom is 0.318 e. The molecule has 1 rings (SSSR count). The lowest BCUT2D eigenvalue weighted by Gasteiger charge is -2.36. The molecule has 17 heavy (non-hydrogen) atoms. The van der Waals surface area contributed by atoms with Gasteiger partial charge in [0.1, 0.15) is 0 Å². The maximum atomic E-state index is 11.3. The molecule has 1 saturated carbocycles. The molecule has 1 aliphatic rings. The molecule has 1 fully saturated rings. The Morgan fingerprint density at radius 1 is 1.35 bits per heavy atom. The molecule has 0 bridgehead atoms. The normalized spacial score (nSPS) is 24.6. The van der Waals surface area contributed by atoms with Crippen molar-refractivity contribution < 1.29 is 9.59 Å². The molecule has 2 atom stereocenters. The molecule has 5 heteroatoms. The quantitative estimate of drug-likeness (QED) is 0.773. The maximum absolute atomic E-state index is 11.3. The van der Waals surface area contributed by atoms with Crippen LogP contribution in [0, 0.1) is 5.92 Å². The number of carbonyl (C=O) groups is 2. The minimum Gasteiger partial charge on any atom is -0.351 e. The molecule has 0 aromatic carbocycles. The Kier molecular flexibility index (Phi) is 5.41. The summed E-state index contributed by atoms with van der Waals surface area (Å²) in [4.78, 5) is 24.0. The van der Waals surface area contributed by atoms with Crippen molar-refractivity contribution in [3.63, 3.8) is 0 Å². The number of primary amides is 1. The Balaban J connectivity index is 2.30. The minimum atomic E-state index is -0.774. The second-order valence-corrected chi connectivity index (χ2v) is 4.97. The van der Waals surface area contributed by atoms with Crippen LogP contribution in [-0.2, 0) is 4.79 Å². The largest absolute Gasteiger partial charge is 0.351 e. The van der Waals surface area contributed by atoms with E-state index >= 15 is 0 Å². The second-order valence-electron chi connectivity index (χ2n) is 4.97. The zero-order valence-electron chi connectivity index (χ0n) is 10.7. The predicted octanol–water partition coefficient (Wildman–Crippen LogP) is 1.08. The Labute approximate surface area is 103 Å². The van der Waals surface area contributed by atoms with Crippen LogP contribution in [-0.4, -0.2) is 36.5 Å². The van der Waals surface area contributed by atoms with Crippen LogP contribution in [0.4, 0.5) is 4.79 Å². The first-order valence-electron chi connectivity index (χ1n) is 6.30. The number of hydrogen-bond acceptors (Lipinski definition) is 3. The highest BCUT2D eigenvalue weighted by atomic mass is 16.2. The first-order chi connectivity index (χ1) is 8.00. The number of nitrogens with zero attached hydrogens (tertiary/aromatic N) is 1. The van der Waals surface area contributed by atoms with E-state index in [0.717, 1.165) is 0 Å². The third-order valence-electron chi connectivity index (χ3n) is 3.59. The van der Waals surface area contributed by atoms with Gasteiger partial charge in [0.25, 0.3) is 0 Å². The molecule has 3 N–H and O–H groups in total. The van der Waals surface area contributed by atoms with Gasteiger partial charge in [-0.25, -0.2) is 4.79 Å². The summed E-state index contributed by atoms with van der Waals surface area (Å²) in [5.74, 6) is 0.390. The monoisotopic (exact) mass is 241 g/mol. The number of imide groups is 1. The van der Waals surface area contributed by atoms with Crippen LogP contribution in [0.25, 0.3) is 0 Å². The molecule has 0 radical (unpaired) electrons. The third kappa shape index (κ3) is 4.73. The molecular formula is C12H23N3O2. The van der Waals surface area contributed by atoms with Crippen LogP contribution in [0.1, 0.15) is 39.0 Å². The number of nitrogens with two attached hydrogens (primary N) is 1. The SMILES string of the molecule is C[C@H]1CCCC[C@@H]1N(C)CCC(=O)NC(N)=O. The highest BCUT2D eigenvalue weighted by molar-refractivity contribution is 5.93. The molecule has 0 unspecified atom stereocenters. The molecule has 0 aromatic heterocycles. The van der Waals surface area contributed by atoms with Crippen LogP contribution in [0.15, 0.2) is 0 Å². The summed E-state index contributed by atoms with van der Waals surface area (Å²) in [6.45, 7) is 2.94. The Bertz CT molecular complexity index is 281. The number of nitrogens with one attached hydrogen (secondary N) is 1. The molecule has 1 aliphatic carbocycles. The topological polar surface area (TPSA) is 75.4 Å². The summed E-state index contributed by atoms with van der Waals surface area (Å²) >= 11 is 0. The van der Waals surface area contributed by atoms with Gasteiger partial charge in [0.15, 0.2) is 0 Å². The lowest BCUT2D eigenvalue weighted by molar-refractivity contribution is -0.120. The van der Waals surface area contributed by atoms with Crippen LogP contribution in [0.2, 0.25) is 0 Å². The van der Waals surface area contributed by atoms with E-state index in [0.29, 0.717) is 24.9 Å². The molecule has 3 amide bonds. The number of urea groups is 1. The zero-order valence-corrected chi connectivity index (χ0v) is 10.7. The van der Waals surface area contributed by atoms with Gasteiger partial charge in [-0.1, -0.05) is 19.8 Å². The fourth-order valence-electron chi connectivity index (χ4n) is 2.60. The van der Waals surface area contributed by atoms with Gasteiger partial charge in [-0.05, 0) is 25.8 Å². The van der Waals surface area contributed by atoms with E-state index in [1.807, 2.05) is 7.05 Å². The summed E-state index contributed by atoms with van der Waals surface area (Å²) < 4.78 is 0. The standard InChI is InChI=1S/C12H23N3O2/c1-9-5-3-4-6-10(9)15(2)8-7-11(16)14-12(13)17/h9-10H,3-8H2,1-2H3,(H3,13,14,16,17)/t9-,10-/m0/s1. The molecule has 5 nitrogen and oxygen atoms in total. The lowest BCUT2D eigenvalue weighted by Crippen LogP contribution is -2.42. The summed E-state index contributed by atoms with van der Waals surface area (Å²) in [5.41, 5.74) is 4.88. The van der Waals surface area contributed by atoms with Crippen molar-refractivity contribution >= 4 is 11.9 Å². The van der Waals surface area contributed by atoms with E-state index < -0.39 is 6.03 Å². The summed E-state index contributed by atoms with van der Waals surface area (Å²) in [6.07, 6.45) is 5.38. The van der Waals surface area contributed by atoms with E-state index in [4.69, 9.17) is 5.73 Å². The summed E-state index contributed by atoms with van der Waals surface area (Å²) in [7, 11) is 2.05. The molecule has 0 aliphatic heterocycles. The average Bonchev–Trinajstić information content (AvgIpc) is 2.25. The molecule has 0 saturated heterocycles. The van der Waals surface area contributed by atoms with Gasteiger partial charge in [-0.15, -0.1) is 0 Å². The number of amides is 3. The van der Waals surface area contributed by atoms with Gasteiger partial charge in [-0.3, -0.25) is 10.1 Å². The van der Waals surface area contributed by atoms with E-state index in [9.17, 15) is 9.59 Å². The fourth-order valence-corrected chi connectivity index (χ4v) is 2.60. The number of rotatable bonds is 4. The molecule has 98 valence electrons. The van der Waals surface area contributed by atoms with Crippen LogP contribution < -0.4 is 11.1 Å². The Hall–Kier alpha value is -1.10. The van der Waals surface area contributed by atoms with Gasteiger partial charge in [0.2, 0.25) is 5.91 Å². The lowest BCUT2D eigenvalue weighted by atomic mass is 9.85. The average molecular weight is 241 g/mol. The third-order valence-corrected chi connectivity index (χ3v) is 3.59. The van der Waals surface area contributed by atoms with Crippen molar-refractivity contribution in [2.24, 2.45) is 11.7 Å². The minimum absolute atomic E-state index is 0.298. The number of carbonyl (C=O) groups excluding carboxylic acids is 2. The first kappa shape index (κ1) is 14.0. The highest BCUT2D eigenvalue weighted by Crippen LogP contribution is 2.27. The first-order valence-corrected chi connectivity index (χ1v) is 6.30. The molecular weight excluding hydrogens is 218 g/mol. The second kappa shape index (κ2) is 6.59. The van der Waals surface area contributed by atoms with Crippen LogP contribution in [0.3, 0.4) is 0 Å². The summed E-state index contributed by atoms with van der Waals surface area (Å²) in [6, 6.07) is -0.214. The van der Waals surface area contributed by atoms with Gasteiger partial charge in [0.05, 0.1) is 0 Å². The Morgan fingerprint density at radius 3 is 2.59 bits per heavy atom. The Morgan fingerprint density at radius 2 is 2.00 bits per heavy atom. The van der Waals surface area contributed by atoms with Crippen molar-refractivity contribution in [1.29, 1.82) is 0 Å². The van der Waals surface area contributed by atoms with Crippen molar-refractivity contribution in [1.82, 2.24) is 10.2 Å². The van der Waals surface area contributed by atoms with Crippen LogP contribution in [0.5, 0.6) is 0 Å². The zero-order chi connectivity index (χ0) is 12.8. The number of hydrogen-bond donors (Lipinski definition) is 2. The van der Waals surface area contributed by atoms with Crippen molar-refractivity contribution in [3.05, 3.63) is 0 Å². The van der Waals surface area contributed by atoms with E-state index in [1.165, 1.54) is 25.7 Å². The van der Waals surface area contributed by atoms with Gasteiger partial charge in [-0.2, -0.15) is 0 Å². The van der Waals surface area contributed by atoms with Crippen LogP contribution >= 0.6 is 0 Å². The highest BCUT2D eigenvalue weighted by Gasteiger charge is 2.24. The van der Waals surface area contributed by atoms with Gasteiger partial charge >= 0.3 is 6.03 Å². The van der Waals surface area contributed by atoms with Crippen molar-refractivity contribution in [3.8, 4) is 0 Å². The molecule has 0 spiro atoms. The predicted molar refractivity (Wildman–Crippen MR) is 66.4 cm³/mol. The van der Waals surface area contributed by atoms with E-state index in [2.05, 4.69) is 17.1 Å². The van der Waals surface area contributed by atoms with Crippen molar-refractivity contribution in [2.75, 3.05) is 13.6 Å². The van der Waals surface area contributed by atoms with E-state index in [-0.39, 0.29) is 5.91 Å².